The summed E-state index contributed by atoms with van der Waals surface area (Å²) in [6.07, 6.45) is 0.814. The predicted octanol–water partition coefficient (Wildman–Crippen LogP) is 2.03. The van der Waals surface area contributed by atoms with E-state index in [1.54, 1.807) is 12.0 Å². The molecule has 104 valence electrons. The van der Waals surface area contributed by atoms with E-state index in [1.165, 1.54) is 6.07 Å². The van der Waals surface area contributed by atoms with E-state index in [1.807, 2.05) is 0 Å². The second-order valence-corrected chi connectivity index (χ2v) is 4.95. The number of hydrogen-bond donors (Lipinski definition) is 1. The van der Waals surface area contributed by atoms with Crippen LogP contribution in [0.3, 0.4) is 0 Å². The first-order valence-electron chi connectivity index (χ1n) is 6.33. The molecule has 1 fully saturated rings. The highest BCUT2D eigenvalue weighted by Crippen LogP contribution is 2.24. The molecule has 1 heterocycles. The molecule has 1 aliphatic heterocycles. The van der Waals surface area contributed by atoms with Crippen molar-refractivity contribution in [2.24, 2.45) is 5.92 Å². The molecule has 5 heteroatoms. The number of benzene rings is 1. The van der Waals surface area contributed by atoms with Gasteiger partial charge in [-0.3, -0.25) is 4.79 Å². The lowest BCUT2D eigenvalue weighted by atomic mass is 9.95. The molecule has 0 saturated carbocycles. The minimum Gasteiger partial charge on any atom is -0.507 e. The van der Waals surface area contributed by atoms with Crippen LogP contribution in [0.25, 0.3) is 0 Å². The zero-order chi connectivity index (χ0) is 14.0. The second kappa shape index (κ2) is 5.57. The molecule has 1 aromatic carbocycles. The normalized spacial score (nSPS) is 23.4. The van der Waals surface area contributed by atoms with Gasteiger partial charge in [-0.1, -0.05) is 6.92 Å². The Labute approximate surface area is 111 Å². The minimum absolute atomic E-state index is 0.00408. The van der Waals surface area contributed by atoms with E-state index >= 15 is 0 Å². The van der Waals surface area contributed by atoms with Gasteiger partial charge in [0.05, 0.1) is 11.7 Å². The number of hydrogen-bond acceptors (Lipinski definition) is 3. The first-order chi connectivity index (χ1) is 9.02. The molecule has 1 saturated heterocycles. The lowest BCUT2D eigenvalue weighted by molar-refractivity contribution is -0.00167. The standard InChI is InChI=1S/C14H18FNO3/c1-9-5-6-16(8-13(9)19-2)14(18)11-7-10(15)3-4-12(11)17/h3-4,7,9,13,17H,5-6,8H2,1-2H3. The fraction of sp³-hybridized carbons (Fsp3) is 0.500. The van der Waals surface area contributed by atoms with Crippen molar-refractivity contribution in [3.8, 4) is 5.75 Å². The highest BCUT2D eigenvalue weighted by atomic mass is 19.1. The third-order valence-corrected chi connectivity index (χ3v) is 3.67. The summed E-state index contributed by atoms with van der Waals surface area (Å²) in [7, 11) is 1.62. The quantitative estimate of drug-likeness (QED) is 0.892. The maximum atomic E-state index is 13.2. The van der Waals surface area contributed by atoms with Crippen LogP contribution >= 0.6 is 0 Å². The molecule has 4 nitrogen and oxygen atoms in total. The van der Waals surface area contributed by atoms with Crippen LogP contribution in [-0.2, 0) is 4.74 Å². The number of nitrogens with zero attached hydrogens (tertiary/aromatic N) is 1. The average Bonchev–Trinajstić information content (AvgIpc) is 2.41. The van der Waals surface area contributed by atoms with Crippen LogP contribution in [0.5, 0.6) is 5.75 Å². The summed E-state index contributed by atoms with van der Waals surface area (Å²) < 4.78 is 18.5. The molecule has 1 aliphatic rings. The van der Waals surface area contributed by atoms with Gasteiger partial charge in [0.25, 0.3) is 5.91 Å². The first-order valence-corrected chi connectivity index (χ1v) is 6.33. The number of phenolic OH excluding ortho intramolecular Hbond substituents is 1. The number of carbonyl (C=O) groups is 1. The fourth-order valence-electron chi connectivity index (χ4n) is 2.38. The molecule has 1 N–H and O–H groups in total. The number of likely N-dealkylation sites (tertiary alicyclic amines) is 1. The Hall–Kier alpha value is -1.62. The Morgan fingerprint density at radius 2 is 2.26 bits per heavy atom. The number of aromatic hydroxyl groups is 1. The smallest absolute Gasteiger partial charge is 0.257 e. The Morgan fingerprint density at radius 1 is 1.53 bits per heavy atom. The maximum Gasteiger partial charge on any atom is 0.257 e. The van der Waals surface area contributed by atoms with Crippen molar-refractivity contribution in [1.29, 1.82) is 0 Å². The molecule has 1 aromatic rings. The van der Waals surface area contributed by atoms with Crippen LogP contribution in [-0.4, -0.2) is 42.2 Å². The first kappa shape index (κ1) is 13.8. The summed E-state index contributed by atoms with van der Waals surface area (Å²) in [6.45, 7) is 3.14. The van der Waals surface area contributed by atoms with E-state index < -0.39 is 5.82 Å². The third-order valence-electron chi connectivity index (χ3n) is 3.67. The molecule has 2 atom stereocenters. The van der Waals surface area contributed by atoms with Gasteiger partial charge in [0.1, 0.15) is 11.6 Å². The highest BCUT2D eigenvalue weighted by Gasteiger charge is 2.30. The number of carbonyl (C=O) groups excluding carboxylic acids is 1. The van der Waals surface area contributed by atoms with Crippen LogP contribution in [0, 0.1) is 11.7 Å². The van der Waals surface area contributed by atoms with E-state index in [9.17, 15) is 14.3 Å². The summed E-state index contributed by atoms with van der Waals surface area (Å²) in [5.74, 6) is -0.699. The van der Waals surface area contributed by atoms with Gasteiger partial charge < -0.3 is 14.7 Å². The fourth-order valence-corrected chi connectivity index (χ4v) is 2.38. The number of halogens is 1. The van der Waals surface area contributed by atoms with Gasteiger partial charge in [0.2, 0.25) is 0 Å². The molecule has 0 aromatic heterocycles. The van der Waals surface area contributed by atoms with E-state index in [-0.39, 0.29) is 23.3 Å². The second-order valence-electron chi connectivity index (χ2n) is 4.95. The Bertz CT molecular complexity index is 478. The number of amides is 1. The van der Waals surface area contributed by atoms with Crippen molar-refractivity contribution in [1.82, 2.24) is 4.90 Å². The average molecular weight is 267 g/mol. The van der Waals surface area contributed by atoms with Crippen LogP contribution in [0.4, 0.5) is 4.39 Å². The number of piperidine rings is 1. The lowest BCUT2D eigenvalue weighted by Crippen LogP contribution is -2.46. The van der Waals surface area contributed by atoms with Crippen LogP contribution in [0.2, 0.25) is 0 Å². The van der Waals surface area contributed by atoms with Gasteiger partial charge in [0.15, 0.2) is 0 Å². The molecule has 2 unspecified atom stereocenters. The maximum absolute atomic E-state index is 13.2. The number of methoxy groups -OCH3 is 1. The molecular formula is C14H18FNO3. The van der Waals surface area contributed by atoms with Crippen molar-refractivity contribution < 1.29 is 19.0 Å². The van der Waals surface area contributed by atoms with Crippen LogP contribution in [0.1, 0.15) is 23.7 Å². The molecule has 0 spiro atoms. The molecule has 0 bridgehead atoms. The van der Waals surface area contributed by atoms with E-state index in [2.05, 4.69) is 6.92 Å². The number of ether oxygens (including phenoxy) is 1. The van der Waals surface area contributed by atoms with Gasteiger partial charge in [-0.25, -0.2) is 4.39 Å². The van der Waals surface area contributed by atoms with Crippen molar-refractivity contribution >= 4 is 5.91 Å². The highest BCUT2D eigenvalue weighted by molar-refractivity contribution is 5.96. The van der Waals surface area contributed by atoms with Gasteiger partial charge in [0, 0.05) is 20.2 Å². The zero-order valence-electron chi connectivity index (χ0n) is 11.1. The summed E-state index contributed by atoms with van der Waals surface area (Å²) in [6, 6.07) is 3.39. The largest absolute Gasteiger partial charge is 0.507 e. The monoisotopic (exact) mass is 267 g/mol. The Kier molecular flexibility index (Phi) is 4.04. The van der Waals surface area contributed by atoms with Crippen molar-refractivity contribution in [2.75, 3.05) is 20.2 Å². The summed E-state index contributed by atoms with van der Waals surface area (Å²) in [5.41, 5.74) is 0.00408. The molecule has 1 amide bonds. The van der Waals surface area contributed by atoms with Crippen LogP contribution in [0.15, 0.2) is 18.2 Å². The SMILES string of the molecule is COC1CN(C(=O)c2cc(F)ccc2O)CCC1C. The molecular weight excluding hydrogens is 249 g/mol. The van der Waals surface area contributed by atoms with Crippen molar-refractivity contribution in [2.45, 2.75) is 19.4 Å². The Balaban J connectivity index is 2.18. The molecule has 0 radical (unpaired) electrons. The minimum atomic E-state index is -0.533. The van der Waals surface area contributed by atoms with E-state index in [0.29, 0.717) is 19.0 Å². The van der Waals surface area contributed by atoms with Crippen molar-refractivity contribution in [3.05, 3.63) is 29.6 Å². The topological polar surface area (TPSA) is 49.8 Å². The summed E-state index contributed by atoms with van der Waals surface area (Å²) >= 11 is 0. The lowest BCUT2D eigenvalue weighted by Gasteiger charge is -2.36. The Morgan fingerprint density at radius 3 is 2.95 bits per heavy atom. The summed E-state index contributed by atoms with van der Waals surface area (Å²) in [4.78, 5) is 13.9. The van der Waals surface area contributed by atoms with E-state index in [0.717, 1.165) is 18.6 Å². The summed E-state index contributed by atoms with van der Waals surface area (Å²) in [5, 5.41) is 9.67. The van der Waals surface area contributed by atoms with Gasteiger partial charge in [-0.2, -0.15) is 0 Å². The van der Waals surface area contributed by atoms with E-state index in [4.69, 9.17) is 4.74 Å². The number of phenols is 1. The van der Waals surface area contributed by atoms with Gasteiger partial charge in [-0.05, 0) is 30.5 Å². The van der Waals surface area contributed by atoms with Gasteiger partial charge >= 0.3 is 0 Å². The zero-order valence-corrected chi connectivity index (χ0v) is 11.1. The molecule has 0 aliphatic carbocycles. The third kappa shape index (κ3) is 2.87. The van der Waals surface area contributed by atoms with Crippen LogP contribution < -0.4 is 0 Å². The number of rotatable bonds is 2. The predicted molar refractivity (Wildman–Crippen MR) is 68.5 cm³/mol. The van der Waals surface area contributed by atoms with Gasteiger partial charge in [-0.15, -0.1) is 0 Å². The molecule has 2 rings (SSSR count). The van der Waals surface area contributed by atoms with Crippen molar-refractivity contribution in [3.63, 3.8) is 0 Å². The molecule has 19 heavy (non-hydrogen) atoms.